The van der Waals surface area contributed by atoms with Gasteiger partial charge in [0.15, 0.2) is 0 Å². The number of amides is 2. The molecule has 1 aliphatic rings. The molecular weight excluding hydrogens is 266 g/mol. The van der Waals surface area contributed by atoms with Gasteiger partial charge in [0.05, 0.1) is 6.10 Å². The molecule has 21 heavy (non-hydrogen) atoms. The van der Waals surface area contributed by atoms with E-state index in [1.54, 1.807) is 4.90 Å². The normalized spacial score (nSPS) is 16.7. The molecular formula is C16H25N3O2. The topological polar surface area (TPSA) is 44.8 Å². The van der Waals surface area contributed by atoms with Crippen molar-refractivity contribution in [2.75, 3.05) is 33.7 Å². The van der Waals surface area contributed by atoms with Crippen molar-refractivity contribution in [2.24, 2.45) is 0 Å². The third kappa shape index (κ3) is 3.88. The van der Waals surface area contributed by atoms with Crippen LogP contribution in [-0.2, 0) is 0 Å². The second-order valence-corrected chi connectivity index (χ2v) is 5.73. The molecule has 1 fully saturated rings. The summed E-state index contributed by atoms with van der Waals surface area (Å²) in [6, 6.07) is 8.32. The lowest BCUT2D eigenvalue weighted by molar-refractivity contribution is 0.194. The van der Waals surface area contributed by atoms with Crippen LogP contribution in [0.1, 0.15) is 25.5 Å². The Kier molecular flexibility index (Phi) is 5.07. The molecule has 1 N–H and O–H groups in total. The van der Waals surface area contributed by atoms with Crippen LogP contribution in [0, 0.1) is 0 Å². The molecule has 1 saturated heterocycles. The quantitative estimate of drug-likeness (QED) is 0.873. The summed E-state index contributed by atoms with van der Waals surface area (Å²) in [5.74, 6) is 0.876. The van der Waals surface area contributed by atoms with Gasteiger partial charge in [-0.1, -0.05) is 12.1 Å². The van der Waals surface area contributed by atoms with Gasteiger partial charge in [-0.2, -0.15) is 0 Å². The summed E-state index contributed by atoms with van der Waals surface area (Å²) < 4.78 is 5.66. The van der Waals surface area contributed by atoms with E-state index in [-0.39, 0.29) is 18.2 Å². The molecule has 1 unspecified atom stereocenters. The fourth-order valence-electron chi connectivity index (χ4n) is 2.51. The van der Waals surface area contributed by atoms with E-state index in [4.69, 9.17) is 4.74 Å². The van der Waals surface area contributed by atoms with E-state index in [1.807, 2.05) is 45.0 Å². The van der Waals surface area contributed by atoms with Crippen molar-refractivity contribution in [3.63, 3.8) is 0 Å². The van der Waals surface area contributed by atoms with E-state index in [0.717, 1.165) is 24.4 Å². The molecule has 1 atom stereocenters. The average Bonchev–Trinajstić information content (AvgIpc) is 2.77. The molecule has 0 radical (unpaired) electrons. The molecule has 116 valence electrons. The lowest BCUT2D eigenvalue weighted by Gasteiger charge is -2.24. The van der Waals surface area contributed by atoms with Gasteiger partial charge in [0.1, 0.15) is 5.75 Å². The molecule has 1 aliphatic heterocycles. The molecule has 1 heterocycles. The van der Waals surface area contributed by atoms with Gasteiger partial charge in [-0.3, -0.25) is 0 Å². The number of ether oxygens (including phenoxy) is 1. The number of rotatable bonds is 6. The first-order valence-corrected chi connectivity index (χ1v) is 7.45. The third-order valence-corrected chi connectivity index (χ3v) is 3.71. The first-order valence-electron chi connectivity index (χ1n) is 7.45. The zero-order valence-electron chi connectivity index (χ0n) is 13.3. The van der Waals surface area contributed by atoms with Crippen molar-refractivity contribution in [2.45, 2.75) is 26.0 Å². The molecule has 0 aromatic heterocycles. The Morgan fingerprint density at radius 1 is 1.24 bits per heavy atom. The lowest BCUT2D eigenvalue weighted by atomic mass is 10.1. The third-order valence-electron chi connectivity index (χ3n) is 3.71. The Bertz CT molecular complexity index is 473. The number of nitrogens with one attached hydrogen (secondary N) is 1. The van der Waals surface area contributed by atoms with Crippen LogP contribution >= 0.6 is 0 Å². The van der Waals surface area contributed by atoms with Crippen LogP contribution in [0.3, 0.4) is 0 Å². The van der Waals surface area contributed by atoms with E-state index in [9.17, 15) is 4.79 Å². The monoisotopic (exact) mass is 291 g/mol. The minimum atomic E-state index is 0.106. The first kappa shape index (κ1) is 15.6. The fraction of sp³-hybridized carbons (Fsp3) is 0.562. The maximum Gasteiger partial charge on any atom is 0.319 e. The van der Waals surface area contributed by atoms with Crippen LogP contribution in [0.2, 0.25) is 0 Å². The number of urea groups is 1. The number of hydrogen-bond acceptors (Lipinski definition) is 3. The standard InChI is InChI=1S/C16H25N3O2/c1-12(2)21-14-7-5-13(6-8-14)15(17-3)11-19-10-9-18(4)16(19)20/h5-8,12,15,17H,9-11H2,1-4H3. The van der Waals surface area contributed by atoms with Gasteiger partial charge >= 0.3 is 6.03 Å². The van der Waals surface area contributed by atoms with Crippen molar-refractivity contribution in [3.05, 3.63) is 29.8 Å². The Balaban J connectivity index is 2.02. The zero-order valence-corrected chi connectivity index (χ0v) is 13.3. The summed E-state index contributed by atoms with van der Waals surface area (Å²) >= 11 is 0. The molecule has 2 rings (SSSR count). The molecule has 0 saturated carbocycles. The Morgan fingerprint density at radius 2 is 1.90 bits per heavy atom. The molecule has 0 bridgehead atoms. The van der Waals surface area contributed by atoms with Gasteiger partial charge in [-0.05, 0) is 38.6 Å². The van der Waals surface area contributed by atoms with Gasteiger partial charge in [0.25, 0.3) is 0 Å². The van der Waals surface area contributed by atoms with Crippen molar-refractivity contribution < 1.29 is 9.53 Å². The van der Waals surface area contributed by atoms with Crippen LogP contribution in [0.4, 0.5) is 4.79 Å². The summed E-state index contributed by atoms with van der Waals surface area (Å²) in [6.07, 6.45) is 0.175. The molecule has 0 aliphatic carbocycles. The maximum atomic E-state index is 12.0. The second-order valence-electron chi connectivity index (χ2n) is 5.73. The molecule has 1 aromatic rings. The highest BCUT2D eigenvalue weighted by molar-refractivity contribution is 5.76. The number of likely N-dealkylation sites (N-methyl/N-ethyl adjacent to an activating group) is 2. The summed E-state index contributed by atoms with van der Waals surface area (Å²) in [5.41, 5.74) is 1.16. The van der Waals surface area contributed by atoms with E-state index in [1.165, 1.54) is 0 Å². The molecule has 0 spiro atoms. The second kappa shape index (κ2) is 6.80. The Hall–Kier alpha value is -1.75. The van der Waals surface area contributed by atoms with Gasteiger partial charge < -0.3 is 19.9 Å². The molecule has 5 nitrogen and oxygen atoms in total. The van der Waals surface area contributed by atoms with Crippen LogP contribution in [-0.4, -0.2) is 55.7 Å². The predicted molar refractivity (Wildman–Crippen MR) is 83.6 cm³/mol. The summed E-state index contributed by atoms with van der Waals surface area (Å²) in [5, 5.41) is 3.29. The highest BCUT2D eigenvalue weighted by atomic mass is 16.5. The first-order chi connectivity index (χ1) is 10.0. The van der Waals surface area contributed by atoms with Crippen LogP contribution in [0.5, 0.6) is 5.75 Å². The van der Waals surface area contributed by atoms with E-state index >= 15 is 0 Å². The minimum absolute atomic E-state index is 0.106. The van der Waals surface area contributed by atoms with Crippen molar-refractivity contribution in [1.82, 2.24) is 15.1 Å². The average molecular weight is 291 g/mol. The van der Waals surface area contributed by atoms with E-state index < -0.39 is 0 Å². The van der Waals surface area contributed by atoms with Crippen LogP contribution < -0.4 is 10.1 Å². The summed E-state index contributed by atoms with van der Waals surface area (Å²) in [6.45, 7) is 6.31. The fourth-order valence-corrected chi connectivity index (χ4v) is 2.51. The van der Waals surface area contributed by atoms with Gasteiger partial charge in [0, 0.05) is 32.7 Å². The zero-order chi connectivity index (χ0) is 15.4. The molecule has 5 heteroatoms. The summed E-state index contributed by atoms with van der Waals surface area (Å²) in [4.78, 5) is 15.6. The predicted octanol–water partition coefficient (Wildman–Crippen LogP) is 2.10. The van der Waals surface area contributed by atoms with Crippen molar-refractivity contribution >= 4 is 6.03 Å². The van der Waals surface area contributed by atoms with Gasteiger partial charge in [-0.25, -0.2) is 4.79 Å². The number of hydrogen-bond donors (Lipinski definition) is 1. The largest absolute Gasteiger partial charge is 0.491 e. The molecule has 1 aromatic carbocycles. The Labute approximate surface area is 126 Å². The highest BCUT2D eigenvalue weighted by Gasteiger charge is 2.27. The van der Waals surface area contributed by atoms with E-state index in [2.05, 4.69) is 17.4 Å². The smallest absolute Gasteiger partial charge is 0.319 e. The van der Waals surface area contributed by atoms with Crippen molar-refractivity contribution in [3.8, 4) is 5.75 Å². The number of nitrogens with zero attached hydrogens (tertiary/aromatic N) is 2. The number of carbonyl (C=O) groups excluding carboxylic acids is 1. The maximum absolute atomic E-state index is 12.0. The lowest BCUT2D eigenvalue weighted by Crippen LogP contribution is -2.36. The SMILES string of the molecule is CNC(CN1CCN(C)C1=O)c1ccc(OC(C)C)cc1. The van der Waals surface area contributed by atoms with Crippen LogP contribution in [0.25, 0.3) is 0 Å². The van der Waals surface area contributed by atoms with Crippen LogP contribution in [0.15, 0.2) is 24.3 Å². The summed E-state index contributed by atoms with van der Waals surface area (Å²) in [7, 11) is 3.77. The van der Waals surface area contributed by atoms with E-state index in [0.29, 0.717) is 6.54 Å². The highest BCUT2D eigenvalue weighted by Crippen LogP contribution is 2.20. The number of carbonyl (C=O) groups is 1. The molecule has 2 amide bonds. The van der Waals surface area contributed by atoms with Crippen molar-refractivity contribution in [1.29, 1.82) is 0 Å². The Morgan fingerprint density at radius 3 is 2.38 bits per heavy atom. The van der Waals surface area contributed by atoms with Gasteiger partial charge in [0.2, 0.25) is 0 Å². The minimum Gasteiger partial charge on any atom is -0.491 e. The van der Waals surface area contributed by atoms with Gasteiger partial charge in [-0.15, -0.1) is 0 Å². The number of benzene rings is 1.